The summed E-state index contributed by atoms with van der Waals surface area (Å²) in [6.45, 7) is 0. The van der Waals surface area contributed by atoms with Gasteiger partial charge >= 0.3 is 0 Å². The van der Waals surface area contributed by atoms with E-state index in [1.807, 2.05) is 18.2 Å². The number of aryl methyl sites for hydroxylation is 1. The van der Waals surface area contributed by atoms with E-state index in [4.69, 9.17) is 32.4 Å². The van der Waals surface area contributed by atoms with Crippen molar-refractivity contribution in [1.29, 1.82) is 0 Å². The van der Waals surface area contributed by atoms with Crippen molar-refractivity contribution >= 4 is 34.8 Å². The van der Waals surface area contributed by atoms with Crippen molar-refractivity contribution in [3.05, 3.63) is 58.4 Å². The van der Waals surface area contributed by atoms with Gasteiger partial charge < -0.3 is 14.5 Å². The molecule has 0 spiro atoms. The van der Waals surface area contributed by atoms with Gasteiger partial charge in [0.1, 0.15) is 5.75 Å². The van der Waals surface area contributed by atoms with E-state index in [0.717, 1.165) is 5.56 Å². The lowest BCUT2D eigenvalue weighted by atomic mass is 10.2. The highest BCUT2D eigenvalue weighted by Crippen LogP contribution is 2.29. The summed E-state index contributed by atoms with van der Waals surface area (Å²) in [5.74, 6) is 1.21. The Morgan fingerprint density at radius 3 is 2.81 bits per heavy atom. The van der Waals surface area contributed by atoms with E-state index in [2.05, 4.69) is 15.5 Å². The summed E-state index contributed by atoms with van der Waals surface area (Å²) < 4.78 is 10.8. The van der Waals surface area contributed by atoms with Crippen LogP contribution >= 0.6 is 23.2 Å². The molecular weight excluding hydrogens is 377 g/mol. The lowest BCUT2D eigenvalue weighted by molar-refractivity contribution is -0.116. The van der Waals surface area contributed by atoms with Crippen molar-refractivity contribution in [2.24, 2.45) is 0 Å². The summed E-state index contributed by atoms with van der Waals surface area (Å²) in [6.07, 6.45) is 0.476. The molecule has 3 aromatic rings. The van der Waals surface area contributed by atoms with Crippen LogP contribution in [0.15, 0.2) is 46.9 Å². The number of hydrogen-bond donors (Lipinski definition) is 1. The van der Waals surface area contributed by atoms with Gasteiger partial charge in [0.15, 0.2) is 0 Å². The third-order valence-electron chi connectivity index (χ3n) is 3.58. The van der Waals surface area contributed by atoms with Crippen LogP contribution in [0.1, 0.15) is 12.3 Å². The fourth-order valence-electron chi connectivity index (χ4n) is 2.26. The van der Waals surface area contributed by atoms with Crippen LogP contribution in [-0.4, -0.2) is 23.2 Å². The number of methoxy groups -OCH3 is 1. The molecule has 0 atom stereocenters. The molecule has 0 bridgehead atoms. The molecule has 2 aromatic carbocycles. The number of halogens is 2. The highest BCUT2D eigenvalue weighted by molar-refractivity contribution is 6.43. The Labute approximate surface area is 160 Å². The summed E-state index contributed by atoms with van der Waals surface area (Å²) in [5, 5.41) is 11.4. The molecule has 1 heterocycles. The first-order valence-corrected chi connectivity index (χ1v) is 8.53. The zero-order chi connectivity index (χ0) is 18.5. The van der Waals surface area contributed by atoms with Gasteiger partial charge in [-0.05, 0) is 30.3 Å². The molecular formula is C18H15Cl2N3O3. The second-order valence-corrected chi connectivity index (χ2v) is 6.17. The molecule has 0 radical (unpaired) electrons. The fourth-order valence-corrected chi connectivity index (χ4v) is 2.61. The molecule has 1 amide bonds. The van der Waals surface area contributed by atoms with Crippen LogP contribution in [0.2, 0.25) is 10.0 Å². The van der Waals surface area contributed by atoms with Gasteiger partial charge in [-0.15, -0.1) is 10.2 Å². The Morgan fingerprint density at radius 1 is 1.19 bits per heavy atom. The minimum Gasteiger partial charge on any atom is -0.497 e. The molecule has 1 N–H and O–H groups in total. The second kappa shape index (κ2) is 8.21. The monoisotopic (exact) mass is 391 g/mol. The summed E-state index contributed by atoms with van der Waals surface area (Å²) in [6, 6.07) is 12.3. The topological polar surface area (TPSA) is 77.2 Å². The smallest absolute Gasteiger partial charge is 0.247 e. The van der Waals surface area contributed by atoms with Gasteiger partial charge in [0.25, 0.3) is 0 Å². The summed E-state index contributed by atoms with van der Waals surface area (Å²) in [7, 11) is 1.59. The number of hydrogen-bond acceptors (Lipinski definition) is 5. The van der Waals surface area contributed by atoms with Gasteiger partial charge in [0.2, 0.25) is 17.7 Å². The van der Waals surface area contributed by atoms with E-state index in [9.17, 15) is 4.79 Å². The largest absolute Gasteiger partial charge is 0.497 e. The van der Waals surface area contributed by atoms with Crippen molar-refractivity contribution in [2.75, 3.05) is 12.4 Å². The van der Waals surface area contributed by atoms with Gasteiger partial charge in [0, 0.05) is 18.4 Å². The van der Waals surface area contributed by atoms with Crippen molar-refractivity contribution in [2.45, 2.75) is 12.8 Å². The van der Waals surface area contributed by atoms with Gasteiger partial charge in [-0.2, -0.15) is 0 Å². The predicted molar refractivity (Wildman–Crippen MR) is 99.7 cm³/mol. The maximum atomic E-state index is 12.1. The number of aromatic nitrogens is 2. The Morgan fingerprint density at radius 2 is 2.00 bits per heavy atom. The quantitative estimate of drug-likeness (QED) is 0.662. The summed E-state index contributed by atoms with van der Waals surface area (Å²) in [5.41, 5.74) is 1.21. The van der Waals surface area contributed by atoms with Crippen LogP contribution in [-0.2, 0) is 11.2 Å². The van der Waals surface area contributed by atoms with Gasteiger partial charge in [-0.3, -0.25) is 4.79 Å². The highest BCUT2D eigenvalue weighted by Gasteiger charge is 2.13. The van der Waals surface area contributed by atoms with E-state index in [0.29, 0.717) is 39.7 Å². The molecule has 134 valence electrons. The molecule has 6 nitrogen and oxygen atoms in total. The van der Waals surface area contributed by atoms with Crippen molar-refractivity contribution < 1.29 is 13.9 Å². The number of carbonyl (C=O) groups excluding carboxylic acids is 1. The zero-order valence-electron chi connectivity index (χ0n) is 13.8. The number of amides is 1. The molecule has 1 aromatic heterocycles. The third kappa shape index (κ3) is 4.33. The molecule has 0 aliphatic carbocycles. The zero-order valence-corrected chi connectivity index (χ0v) is 15.3. The third-order valence-corrected chi connectivity index (χ3v) is 4.39. The Hall–Kier alpha value is -2.57. The van der Waals surface area contributed by atoms with Crippen LogP contribution in [0.25, 0.3) is 11.5 Å². The van der Waals surface area contributed by atoms with E-state index < -0.39 is 0 Å². The minimum absolute atomic E-state index is 0.169. The first kappa shape index (κ1) is 18.2. The fraction of sp³-hybridized carbons (Fsp3) is 0.167. The average Bonchev–Trinajstić information content (AvgIpc) is 3.13. The number of ether oxygens (including phenoxy) is 1. The Kier molecular flexibility index (Phi) is 5.75. The first-order valence-electron chi connectivity index (χ1n) is 7.77. The number of benzene rings is 2. The van der Waals surface area contributed by atoms with E-state index in [1.54, 1.807) is 31.4 Å². The van der Waals surface area contributed by atoms with Crippen molar-refractivity contribution in [1.82, 2.24) is 10.2 Å². The number of nitrogens with one attached hydrogen (secondary N) is 1. The summed E-state index contributed by atoms with van der Waals surface area (Å²) >= 11 is 12.0. The van der Waals surface area contributed by atoms with Crippen LogP contribution in [0.3, 0.4) is 0 Å². The summed E-state index contributed by atoms with van der Waals surface area (Å²) in [4.78, 5) is 12.1. The van der Waals surface area contributed by atoms with Gasteiger partial charge in [-0.25, -0.2) is 0 Å². The maximum Gasteiger partial charge on any atom is 0.247 e. The number of carbonyl (C=O) groups is 1. The average molecular weight is 392 g/mol. The van der Waals surface area contributed by atoms with E-state index in [-0.39, 0.29) is 12.3 Å². The maximum absolute atomic E-state index is 12.1. The Bertz CT molecular complexity index is 928. The molecule has 26 heavy (non-hydrogen) atoms. The normalized spacial score (nSPS) is 10.6. The lowest BCUT2D eigenvalue weighted by Crippen LogP contribution is -2.12. The molecule has 0 fully saturated rings. The van der Waals surface area contributed by atoms with Crippen LogP contribution in [0.5, 0.6) is 5.75 Å². The van der Waals surface area contributed by atoms with Crippen LogP contribution in [0.4, 0.5) is 5.69 Å². The van der Waals surface area contributed by atoms with E-state index >= 15 is 0 Å². The first-order chi connectivity index (χ1) is 12.6. The highest BCUT2D eigenvalue weighted by atomic mass is 35.5. The van der Waals surface area contributed by atoms with Crippen LogP contribution < -0.4 is 10.1 Å². The van der Waals surface area contributed by atoms with Crippen molar-refractivity contribution in [3.8, 4) is 17.2 Å². The van der Waals surface area contributed by atoms with Crippen molar-refractivity contribution in [3.63, 3.8) is 0 Å². The predicted octanol–water partition coefficient (Wildman–Crippen LogP) is 4.62. The molecule has 0 saturated heterocycles. The molecule has 0 unspecified atom stereocenters. The minimum atomic E-state index is -0.227. The molecule has 3 rings (SSSR count). The number of rotatable bonds is 6. The van der Waals surface area contributed by atoms with Gasteiger partial charge in [-0.1, -0.05) is 35.3 Å². The molecule has 0 aliphatic rings. The Balaban J connectivity index is 1.61. The molecule has 8 heteroatoms. The SMILES string of the molecule is COc1cccc(-c2nnc(CCC(=O)Nc3cccc(Cl)c3Cl)o2)c1. The number of nitrogens with zero attached hydrogens (tertiary/aromatic N) is 2. The second-order valence-electron chi connectivity index (χ2n) is 5.38. The standard InChI is InChI=1S/C18H15Cl2N3O3/c1-25-12-5-2-4-11(10-12)18-23-22-16(26-18)9-8-15(24)21-14-7-3-6-13(19)17(14)20/h2-7,10H,8-9H2,1H3,(H,21,24). The number of anilines is 1. The molecule has 0 saturated carbocycles. The van der Waals surface area contributed by atoms with Crippen LogP contribution in [0, 0.1) is 0 Å². The lowest BCUT2D eigenvalue weighted by Gasteiger charge is -2.07. The van der Waals surface area contributed by atoms with Gasteiger partial charge in [0.05, 0.1) is 22.8 Å². The molecule has 0 aliphatic heterocycles. The van der Waals surface area contributed by atoms with E-state index in [1.165, 1.54) is 0 Å².